The van der Waals surface area contributed by atoms with E-state index >= 15 is 0 Å². The number of aliphatic hydroxyl groups excluding tert-OH is 1. The molecule has 0 bridgehead atoms. The number of carbonyl (C=O) groups excluding carboxylic acids is 2. The Hall–Kier alpha value is -3.63. The molecule has 2 aromatic carbocycles. The van der Waals surface area contributed by atoms with Gasteiger partial charge in [-0.3, -0.25) is 9.59 Å². The van der Waals surface area contributed by atoms with Gasteiger partial charge >= 0.3 is 5.97 Å². The molecular formula is C21H16ClN3O4. The molecule has 0 unspecified atom stereocenters. The number of nitriles is 1. The van der Waals surface area contributed by atoms with Crippen molar-refractivity contribution in [1.29, 1.82) is 5.26 Å². The third-order valence-electron chi connectivity index (χ3n) is 4.12. The lowest BCUT2D eigenvalue weighted by molar-refractivity contribution is -0.143. The van der Waals surface area contributed by atoms with Gasteiger partial charge in [0.1, 0.15) is 18.2 Å². The first-order chi connectivity index (χ1) is 14.0. The topological polar surface area (TPSA) is 116 Å². The van der Waals surface area contributed by atoms with Crippen molar-refractivity contribution in [2.24, 2.45) is 0 Å². The highest BCUT2D eigenvalue weighted by molar-refractivity contribution is 6.30. The number of aromatic amines is 1. The quantitative estimate of drug-likeness (QED) is 0.261. The second-order valence-corrected chi connectivity index (χ2v) is 6.56. The average Bonchev–Trinajstić information content (AvgIpc) is 3.15. The van der Waals surface area contributed by atoms with Gasteiger partial charge in [0.15, 0.2) is 17.4 Å². The maximum Gasteiger partial charge on any atom is 0.306 e. The summed E-state index contributed by atoms with van der Waals surface area (Å²) in [5.41, 5.74) is 1.68. The smallest absolute Gasteiger partial charge is 0.306 e. The van der Waals surface area contributed by atoms with E-state index in [1.54, 1.807) is 42.5 Å². The fourth-order valence-corrected chi connectivity index (χ4v) is 2.74. The SMILES string of the molecule is N#CC(=C(O)COC(=O)CCC(=O)c1ccc(Cl)cc1)c1nc2ccccc2[nH]1. The van der Waals surface area contributed by atoms with Crippen LogP contribution in [-0.2, 0) is 9.53 Å². The summed E-state index contributed by atoms with van der Waals surface area (Å²) < 4.78 is 4.97. The molecule has 0 aliphatic carbocycles. The number of halogens is 1. The number of nitrogens with zero attached hydrogens (tertiary/aromatic N) is 2. The summed E-state index contributed by atoms with van der Waals surface area (Å²) in [5.74, 6) is -1.14. The molecule has 0 saturated heterocycles. The van der Waals surface area contributed by atoms with E-state index in [9.17, 15) is 20.0 Å². The van der Waals surface area contributed by atoms with Crippen molar-refractivity contribution >= 4 is 40.0 Å². The maximum absolute atomic E-state index is 12.1. The highest BCUT2D eigenvalue weighted by atomic mass is 35.5. The van der Waals surface area contributed by atoms with E-state index in [0.717, 1.165) is 0 Å². The number of nitrogens with one attached hydrogen (secondary N) is 1. The molecule has 3 rings (SSSR count). The number of carbonyl (C=O) groups is 2. The third kappa shape index (κ3) is 5.00. The summed E-state index contributed by atoms with van der Waals surface area (Å²) in [7, 11) is 0. The monoisotopic (exact) mass is 409 g/mol. The Balaban J connectivity index is 1.58. The highest BCUT2D eigenvalue weighted by Gasteiger charge is 2.16. The summed E-state index contributed by atoms with van der Waals surface area (Å²) in [6, 6.07) is 15.4. The van der Waals surface area contributed by atoms with E-state index in [2.05, 4.69) is 9.97 Å². The number of ether oxygens (including phenoxy) is 1. The summed E-state index contributed by atoms with van der Waals surface area (Å²) in [5, 5.41) is 20.0. The number of fused-ring (bicyclic) bond motifs is 1. The molecule has 0 aliphatic rings. The molecule has 0 fully saturated rings. The Morgan fingerprint density at radius 3 is 2.55 bits per heavy atom. The van der Waals surface area contributed by atoms with Gasteiger partial charge in [0.25, 0.3) is 0 Å². The summed E-state index contributed by atoms with van der Waals surface area (Å²) in [6.07, 6.45) is -0.194. The Bertz CT molecular complexity index is 1090. The second-order valence-electron chi connectivity index (χ2n) is 6.13. The number of benzene rings is 2. The Morgan fingerprint density at radius 2 is 1.86 bits per heavy atom. The van der Waals surface area contributed by atoms with Crippen LogP contribution in [0.2, 0.25) is 5.02 Å². The maximum atomic E-state index is 12.1. The summed E-state index contributed by atoms with van der Waals surface area (Å²) >= 11 is 5.78. The number of para-hydroxylation sites is 2. The van der Waals surface area contributed by atoms with E-state index in [1.165, 1.54) is 0 Å². The number of esters is 1. The minimum Gasteiger partial charge on any atom is -0.507 e. The van der Waals surface area contributed by atoms with Gasteiger partial charge in [0.2, 0.25) is 0 Å². The number of hydrogen-bond donors (Lipinski definition) is 2. The zero-order valence-corrected chi connectivity index (χ0v) is 15.9. The minimum atomic E-state index is -0.666. The second kappa shape index (κ2) is 9.04. The molecule has 1 aromatic heterocycles. The van der Waals surface area contributed by atoms with Crippen LogP contribution in [0.5, 0.6) is 0 Å². The Kier molecular flexibility index (Phi) is 6.27. The van der Waals surface area contributed by atoms with Gasteiger partial charge in [-0.05, 0) is 36.4 Å². The van der Waals surface area contributed by atoms with E-state index in [1.807, 2.05) is 12.1 Å². The van der Waals surface area contributed by atoms with E-state index in [0.29, 0.717) is 21.6 Å². The number of ketones is 1. The van der Waals surface area contributed by atoms with Crippen LogP contribution < -0.4 is 0 Å². The number of aromatic nitrogens is 2. The normalized spacial score (nSPS) is 11.6. The largest absolute Gasteiger partial charge is 0.507 e. The number of aliphatic hydroxyl groups is 1. The molecule has 8 heteroatoms. The molecule has 0 atom stereocenters. The molecule has 3 aromatic rings. The zero-order chi connectivity index (χ0) is 20.8. The molecule has 0 spiro atoms. The number of Topliss-reactive ketones (excluding diaryl/α,β-unsaturated/α-hetero) is 1. The number of imidazole rings is 1. The predicted molar refractivity (Wildman–Crippen MR) is 107 cm³/mol. The first kappa shape index (κ1) is 20.1. The molecule has 1 heterocycles. The lowest BCUT2D eigenvalue weighted by Gasteiger charge is -2.05. The van der Waals surface area contributed by atoms with Crippen molar-refractivity contribution in [2.75, 3.05) is 6.61 Å². The minimum absolute atomic E-state index is 0.0420. The standard InChI is InChI=1S/C21H16ClN3O4/c22-14-7-5-13(6-8-14)18(26)9-10-20(28)29-12-19(27)15(11-23)21-24-16-3-1-2-4-17(16)25-21/h1-8,27H,9-10,12H2,(H,24,25). The van der Waals surface area contributed by atoms with Gasteiger partial charge < -0.3 is 14.8 Å². The average molecular weight is 410 g/mol. The van der Waals surface area contributed by atoms with Crippen molar-refractivity contribution in [1.82, 2.24) is 9.97 Å². The van der Waals surface area contributed by atoms with Gasteiger partial charge in [0.05, 0.1) is 17.5 Å². The van der Waals surface area contributed by atoms with Crippen molar-refractivity contribution in [3.05, 3.63) is 70.7 Å². The van der Waals surface area contributed by atoms with Gasteiger partial charge in [-0.1, -0.05) is 23.7 Å². The van der Waals surface area contributed by atoms with E-state index in [4.69, 9.17) is 16.3 Å². The number of H-pyrrole nitrogens is 1. The van der Waals surface area contributed by atoms with Crippen LogP contribution in [0, 0.1) is 11.3 Å². The van der Waals surface area contributed by atoms with Crippen LogP contribution in [0.15, 0.2) is 54.3 Å². The summed E-state index contributed by atoms with van der Waals surface area (Å²) in [6.45, 7) is -0.492. The van der Waals surface area contributed by atoms with Crippen LogP contribution in [0.25, 0.3) is 16.6 Å². The Morgan fingerprint density at radius 1 is 1.14 bits per heavy atom. The van der Waals surface area contributed by atoms with Gasteiger partial charge in [0, 0.05) is 17.0 Å². The molecule has 146 valence electrons. The lowest BCUT2D eigenvalue weighted by atomic mass is 10.1. The third-order valence-corrected chi connectivity index (χ3v) is 4.37. The molecule has 0 radical (unpaired) electrons. The van der Waals surface area contributed by atoms with Crippen molar-refractivity contribution in [2.45, 2.75) is 12.8 Å². The van der Waals surface area contributed by atoms with Gasteiger partial charge in [-0.25, -0.2) is 4.98 Å². The molecule has 0 amide bonds. The Labute approximate surface area is 171 Å². The zero-order valence-electron chi connectivity index (χ0n) is 15.2. The van der Waals surface area contributed by atoms with Crippen molar-refractivity contribution in [3.63, 3.8) is 0 Å². The molecule has 0 saturated carbocycles. The first-order valence-corrected chi connectivity index (χ1v) is 9.07. The molecule has 29 heavy (non-hydrogen) atoms. The molecule has 2 N–H and O–H groups in total. The van der Waals surface area contributed by atoms with Crippen LogP contribution >= 0.6 is 11.6 Å². The molecule has 7 nitrogen and oxygen atoms in total. The number of hydrogen-bond acceptors (Lipinski definition) is 6. The number of allylic oxidation sites excluding steroid dienone is 1. The molecular weight excluding hydrogens is 394 g/mol. The fraction of sp³-hybridized carbons (Fsp3) is 0.143. The van der Waals surface area contributed by atoms with Crippen molar-refractivity contribution in [3.8, 4) is 6.07 Å². The van der Waals surface area contributed by atoms with Gasteiger partial charge in [-0.2, -0.15) is 5.26 Å². The van der Waals surface area contributed by atoms with Crippen LogP contribution in [0.3, 0.4) is 0 Å². The van der Waals surface area contributed by atoms with Crippen molar-refractivity contribution < 1.29 is 19.4 Å². The highest BCUT2D eigenvalue weighted by Crippen LogP contribution is 2.19. The summed E-state index contributed by atoms with van der Waals surface area (Å²) in [4.78, 5) is 31.1. The van der Waals surface area contributed by atoms with Gasteiger partial charge in [-0.15, -0.1) is 0 Å². The predicted octanol–water partition coefficient (Wildman–Crippen LogP) is 4.22. The first-order valence-electron chi connectivity index (χ1n) is 8.69. The fourth-order valence-electron chi connectivity index (χ4n) is 2.61. The van der Waals surface area contributed by atoms with Crippen LogP contribution in [0.4, 0.5) is 0 Å². The van der Waals surface area contributed by atoms with E-state index < -0.39 is 18.3 Å². The van der Waals surface area contributed by atoms with E-state index in [-0.39, 0.29) is 30.0 Å². The lowest BCUT2D eigenvalue weighted by Crippen LogP contribution is -2.11. The molecule has 0 aliphatic heterocycles. The number of rotatable bonds is 7. The van der Waals surface area contributed by atoms with Crippen LogP contribution in [0.1, 0.15) is 29.0 Å². The van der Waals surface area contributed by atoms with Crippen LogP contribution in [-0.4, -0.2) is 33.4 Å².